The van der Waals surface area contributed by atoms with Crippen LogP contribution in [0.5, 0.6) is 0 Å². The van der Waals surface area contributed by atoms with Crippen molar-refractivity contribution in [3.8, 4) is 12.1 Å². The van der Waals surface area contributed by atoms with Crippen molar-refractivity contribution in [1.29, 1.82) is 10.5 Å². The molecule has 2 aliphatic heterocycles. The van der Waals surface area contributed by atoms with Crippen LogP contribution in [0, 0.1) is 31.6 Å². The summed E-state index contributed by atoms with van der Waals surface area (Å²) in [5.74, 6) is -0.568. The molecule has 0 aliphatic carbocycles. The molecule has 0 amide bonds. The lowest BCUT2D eigenvalue weighted by molar-refractivity contribution is -0.118. The maximum absolute atomic E-state index is 12.8. The molecule has 0 bridgehead atoms. The average molecular weight is 465 g/mol. The predicted octanol–water partition coefficient (Wildman–Crippen LogP) is 4.28. The minimum atomic E-state index is -1.35. The van der Waals surface area contributed by atoms with Crippen LogP contribution in [0.25, 0.3) is 6.08 Å². The monoisotopic (exact) mass is 465 g/mol. The van der Waals surface area contributed by atoms with Crippen molar-refractivity contribution in [2.24, 2.45) is 5.41 Å². The highest BCUT2D eigenvalue weighted by atomic mass is 127. The lowest BCUT2D eigenvalue weighted by atomic mass is 9.69. The van der Waals surface area contributed by atoms with Gasteiger partial charge in [0.1, 0.15) is 0 Å². The topological polar surface area (TPSA) is 67.9 Å². The Morgan fingerprint density at radius 3 is 2.44 bits per heavy atom. The molecule has 5 heteroatoms. The van der Waals surface area contributed by atoms with Gasteiger partial charge in [-0.15, -0.1) is 0 Å². The summed E-state index contributed by atoms with van der Waals surface area (Å²) < 4.78 is 0.957. The summed E-state index contributed by atoms with van der Waals surface area (Å²) in [7, 11) is 0. The highest BCUT2D eigenvalue weighted by Gasteiger charge is 2.62. The summed E-state index contributed by atoms with van der Waals surface area (Å²) in [6.45, 7) is 1.55. The van der Waals surface area contributed by atoms with E-state index in [2.05, 4.69) is 34.7 Å². The maximum Gasteiger partial charge on any atom is 0.176 e. The molecule has 3 atom stereocenters. The zero-order chi connectivity index (χ0) is 19.2. The molecule has 2 heterocycles. The molecule has 4 nitrogen and oxygen atoms in total. The van der Waals surface area contributed by atoms with Gasteiger partial charge in [-0.25, -0.2) is 0 Å². The molecule has 132 valence electrons. The Hall–Kier alpha value is -2.64. The molecule has 27 heavy (non-hydrogen) atoms. The minimum Gasteiger partial charge on any atom is -0.351 e. The molecular weight excluding hydrogens is 449 g/mol. The van der Waals surface area contributed by atoms with Gasteiger partial charge < -0.3 is 4.90 Å². The maximum atomic E-state index is 12.8. The SMILES string of the molecule is CC(=O)[C@H]1[C@H](c2ccccc2I)C(C#N)(C#N)[C@H]2C=Cc3ccccc3N12. The summed E-state index contributed by atoms with van der Waals surface area (Å²) in [6, 6.07) is 19.1. The number of Topliss-reactive ketones (excluding diaryl/α,β-unsaturated/α-hetero) is 1. The van der Waals surface area contributed by atoms with Gasteiger partial charge in [0, 0.05) is 15.2 Å². The number of carbonyl (C=O) groups excluding carboxylic acids is 1. The van der Waals surface area contributed by atoms with Crippen LogP contribution < -0.4 is 4.90 Å². The third-order valence-electron chi connectivity index (χ3n) is 5.57. The van der Waals surface area contributed by atoms with Crippen molar-refractivity contribution in [3.05, 3.63) is 69.3 Å². The third-order valence-corrected chi connectivity index (χ3v) is 6.55. The fraction of sp³-hybridized carbons (Fsp3) is 0.227. The van der Waals surface area contributed by atoms with Crippen molar-refractivity contribution < 1.29 is 4.79 Å². The summed E-state index contributed by atoms with van der Waals surface area (Å²) >= 11 is 2.22. The fourth-order valence-corrected chi connectivity index (χ4v) is 5.18. The molecule has 2 aliphatic rings. The largest absolute Gasteiger partial charge is 0.351 e. The van der Waals surface area contributed by atoms with Gasteiger partial charge in [-0.05, 0) is 52.8 Å². The summed E-state index contributed by atoms with van der Waals surface area (Å²) in [4.78, 5) is 14.8. The summed E-state index contributed by atoms with van der Waals surface area (Å²) in [6.07, 6.45) is 3.86. The second kappa shape index (κ2) is 6.51. The predicted molar refractivity (Wildman–Crippen MR) is 112 cm³/mol. The highest BCUT2D eigenvalue weighted by molar-refractivity contribution is 14.1. The van der Waals surface area contributed by atoms with Gasteiger partial charge in [0.2, 0.25) is 0 Å². The molecule has 2 aromatic carbocycles. The first-order valence-electron chi connectivity index (χ1n) is 8.68. The van der Waals surface area contributed by atoms with E-state index in [0.29, 0.717) is 0 Å². The fourth-order valence-electron chi connectivity index (χ4n) is 4.46. The van der Waals surface area contributed by atoms with Crippen molar-refractivity contribution in [3.63, 3.8) is 0 Å². The van der Waals surface area contributed by atoms with E-state index >= 15 is 0 Å². The molecule has 0 unspecified atom stereocenters. The molecule has 0 aromatic heterocycles. The Kier molecular flexibility index (Phi) is 4.28. The molecule has 0 spiro atoms. The van der Waals surface area contributed by atoms with E-state index < -0.39 is 23.4 Å². The Balaban J connectivity index is 2.03. The molecule has 1 saturated heterocycles. The first kappa shape index (κ1) is 17.8. The molecule has 4 rings (SSSR count). The van der Waals surface area contributed by atoms with Gasteiger partial charge in [-0.2, -0.15) is 10.5 Å². The van der Waals surface area contributed by atoms with Gasteiger partial charge in [0.15, 0.2) is 11.2 Å². The van der Waals surface area contributed by atoms with Gasteiger partial charge in [0.05, 0.1) is 24.2 Å². The Morgan fingerprint density at radius 2 is 1.78 bits per heavy atom. The first-order valence-corrected chi connectivity index (χ1v) is 9.76. The van der Waals surface area contributed by atoms with E-state index in [0.717, 1.165) is 20.4 Å². The quantitative estimate of drug-likeness (QED) is 0.621. The number of hydrogen-bond donors (Lipinski definition) is 0. The number of carbonyl (C=O) groups is 1. The van der Waals surface area contributed by atoms with Crippen LogP contribution in [0.1, 0.15) is 24.0 Å². The van der Waals surface area contributed by atoms with Crippen molar-refractivity contribution >= 4 is 40.1 Å². The van der Waals surface area contributed by atoms with Crippen LogP contribution >= 0.6 is 22.6 Å². The number of hydrogen-bond acceptors (Lipinski definition) is 4. The first-order chi connectivity index (χ1) is 13.0. The van der Waals surface area contributed by atoms with E-state index in [1.807, 2.05) is 65.6 Å². The number of fused-ring (bicyclic) bond motifs is 3. The van der Waals surface area contributed by atoms with E-state index in [-0.39, 0.29) is 5.78 Å². The number of anilines is 1. The number of nitrogens with zero attached hydrogens (tertiary/aromatic N) is 3. The second-order valence-corrected chi connectivity index (χ2v) is 8.08. The van der Waals surface area contributed by atoms with Crippen molar-refractivity contribution in [2.75, 3.05) is 4.90 Å². The van der Waals surface area contributed by atoms with E-state index in [1.165, 1.54) is 0 Å². The standard InChI is InChI=1S/C22H16IN3O/c1-14(27)21-20(16-7-3-4-8-17(16)23)22(12-24,13-25)19-11-10-15-6-2-5-9-18(15)26(19)21/h2-11,19-21H,1H3/t19-,20+,21+/m1/s1. The van der Waals surface area contributed by atoms with Gasteiger partial charge in [-0.3, -0.25) is 4.79 Å². The zero-order valence-corrected chi connectivity index (χ0v) is 16.8. The number of rotatable bonds is 2. The van der Waals surface area contributed by atoms with Crippen LogP contribution in [0.4, 0.5) is 5.69 Å². The van der Waals surface area contributed by atoms with Crippen molar-refractivity contribution in [2.45, 2.75) is 24.9 Å². The van der Waals surface area contributed by atoms with E-state index in [9.17, 15) is 15.3 Å². The van der Waals surface area contributed by atoms with E-state index in [1.54, 1.807) is 6.92 Å². The molecule has 0 saturated carbocycles. The number of ketones is 1. The number of para-hydroxylation sites is 1. The van der Waals surface area contributed by atoms with Crippen LogP contribution in [-0.2, 0) is 4.79 Å². The summed E-state index contributed by atoms with van der Waals surface area (Å²) in [5, 5.41) is 20.4. The van der Waals surface area contributed by atoms with Crippen LogP contribution in [0.15, 0.2) is 54.6 Å². The lowest BCUT2D eigenvalue weighted by Gasteiger charge is -2.35. The Bertz CT molecular complexity index is 1030. The number of benzene rings is 2. The molecule has 2 aromatic rings. The Morgan fingerprint density at radius 1 is 1.11 bits per heavy atom. The molecule has 0 radical (unpaired) electrons. The Labute approximate surface area is 171 Å². The van der Waals surface area contributed by atoms with Crippen molar-refractivity contribution in [1.82, 2.24) is 0 Å². The number of nitriles is 2. The molecule has 1 fully saturated rings. The number of halogens is 1. The summed E-state index contributed by atoms with van der Waals surface area (Å²) in [5.41, 5.74) is 1.42. The normalized spacial score (nSPS) is 24.4. The van der Waals surface area contributed by atoms with Gasteiger partial charge in [0.25, 0.3) is 0 Å². The van der Waals surface area contributed by atoms with E-state index in [4.69, 9.17) is 0 Å². The second-order valence-electron chi connectivity index (χ2n) is 6.92. The van der Waals surface area contributed by atoms with Gasteiger partial charge in [-0.1, -0.05) is 48.6 Å². The van der Waals surface area contributed by atoms with Crippen LogP contribution in [0.2, 0.25) is 0 Å². The lowest BCUT2D eigenvalue weighted by Crippen LogP contribution is -2.43. The van der Waals surface area contributed by atoms with Crippen LogP contribution in [0.3, 0.4) is 0 Å². The molecule has 0 N–H and O–H groups in total. The van der Waals surface area contributed by atoms with Gasteiger partial charge >= 0.3 is 0 Å². The highest BCUT2D eigenvalue weighted by Crippen LogP contribution is 2.55. The minimum absolute atomic E-state index is 0.0397. The molecular formula is C22H16IN3O. The zero-order valence-electron chi connectivity index (χ0n) is 14.6. The average Bonchev–Trinajstić information content (AvgIpc) is 2.99. The third kappa shape index (κ3) is 2.42. The smallest absolute Gasteiger partial charge is 0.176 e. The van der Waals surface area contributed by atoms with Crippen LogP contribution in [-0.4, -0.2) is 17.9 Å².